The molecule has 98 valence electrons. The predicted molar refractivity (Wildman–Crippen MR) is 74.8 cm³/mol. The first-order valence-electron chi connectivity index (χ1n) is 6.33. The first kappa shape index (κ1) is 13.6. The highest BCUT2D eigenvalue weighted by atomic mass is 79.9. The van der Waals surface area contributed by atoms with Gasteiger partial charge < -0.3 is 10.1 Å². The summed E-state index contributed by atoms with van der Waals surface area (Å²) in [5, 5.41) is 2.94. The van der Waals surface area contributed by atoms with E-state index in [0.717, 1.165) is 29.5 Å². The average Bonchev–Trinajstić information content (AvgIpc) is 2.37. The Kier molecular flexibility index (Phi) is 4.78. The van der Waals surface area contributed by atoms with Gasteiger partial charge in [-0.15, -0.1) is 0 Å². The molecule has 1 unspecified atom stereocenters. The van der Waals surface area contributed by atoms with E-state index in [-0.39, 0.29) is 12.0 Å². The molecule has 0 bridgehead atoms. The van der Waals surface area contributed by atoms with Crippen LogP contribution in [0.3, 0.4) is 0 Å². The van der Waals surface area contributed by atoms with E-state index in [2.05, 4.69) is 21.2 Å². The van der Waals surface area contributed by atoms with Gasteiger partial charge in [-0.2, -0.15) is 0 Å². The Labute approximate surface area is 116 Å². The summed E-state index contributed by atoms with van der Waals surface area (Å²) in [7, 11) is 0. The van der Waals surface area contributed by atoms with Crippen LogP contribution in [0.15, 0.2) is 22.7 Å². The maximum atomic E-state index is 12.0. The number of hydrogen-bond acceptors (Lipinski definition) is 2. The second kappa shape index (κ2) is 6.34. The molecule has 0 aliphatic carbocycles. The number of carbonyl (C=O) groups excluding carboxylic acids is 1. The molecule has 0 spiro atoms. The zero-order valence-electron chi connectivity index (χ0n) is 10.5. The molecule has 1 amide bonds. The van der Waals surface area contributed by atoms with E-state index in [0.29, 0.717) is 12.1 Å². The van der Waals surface area contributed by atoms with Crippen LogP contribution in [0.25, 0.3) is 0 Å². The molecular formula is C14H18BrNO2. The molecule has 0 radical (unpaired) electrons. The van der Waals surface area contributed by atoms with Crippen molar-refractivity contribution in [3.8, 4) is 0 Å². The van der Waals surface area contributed by atoms with Gasteiger partial charge in [0.2, 0.25) is 0 Å². The van der Waals surface area contributed by atoms with Crippen LogP contribution in [-0.4, -0.2) is 25.2 Å². The van der Waals surface area contributed by atoms with Gasteiger partial charge >= 0.3 is 0 Å². The summed E-state index contributed by atoms with van der Waals surface area (Å²) in [4.78, 5) is 12.0. The second-order valence-electron chi connectivity index (χ2n) is 4.68. The molecule has 2 rings (SSSR count). The molecule has 1 fully saturated rings. The third-order valence-electron chi connectivity index (χ3n) is 3.13. The first-order valence-corrected chi connectivity index (χ1v) is 7.12. The zero-order chi connectivity index (χ0) is 13.0. The lowest BCUT2D eigenvalue weighted by atomic mass is 10.1. The summed E-state index contributed by atoms with van der Waals surface area (Å²) < 4.78 is 6.42. The van der Waals surface area contributed by atoms with Crippen LogP contribution in [0, 0.1) is 6.92 Å². The molecule has 1 aromatic carbocycles. The fourth-order valence-electron chi connectivity index (χ4n) is 2.07. The number of ether oxygens (including phenoxy) is 1. The van der Waals surface area contributed by atoms with E-state index in [1.807, 2.05) is 25.1 Å². The minimum atomic E-state index is -0.0453. The smallest absolute Gasteiger partial charge is 0.252 e. The highest BCUT2D eigenvalue weighted by Gasteiger charge is 2.16. The Hall–Kier alpha value is -0.870. The molecule has 1 aliphatic heterocycles. The minimum Gasteiger partial charge on any atom is -0.376 e. The molecule has 0 aromatic heterocycles. The highest BCUT2D eigenvalue weighted by Crippen LogP contribution is 2.18. The standard InChI is InChI=1S/C14H18BrNO2/c1-10-5-6-12(13(15)8-10)14(17)16-9-11-4-2-3-7-18-11/h5-6,8,11H,2-4,7,9H2,1H3,(H,16,17). The van der Waals surface area contributed by atoms with Crippen LogP contribution in [0.5, 0.6) is 0 Å². The van der Waals surface area contributed by atoms with Gasteiger partial charge in [0.05, 0.1) is 11.7 Å². The molecule has 1 N–H and O–H groups in total. The number of hydrogen-bond donors (Lipinski definition) is 1. The fourth-order valence-corrected chi connectivity index (χ4v) is 2.75. The van der Waals surface area contributed by atoms with Gasteiger partial charge in [0.15, 0.2) is 0 Å². The van der Waals surface area contributed by atoms with Crippen molar-refractivity contribution in [1.82, 2.24) is 5.32 Å². The third kappa shape index (κ3) is 3.56. The summed E-state index contributed by atoms with van der Waals surface area (Å²) in [6.45, 7) is 3.41. The third-order valence-corrected chi connectivity index (χ3v) is 3.79. The Morgan fingerprint density at radius 3 is 3.00 bits per heavy atom. The highest BCUT2D eigenvalue weighted by molar-refractivity contribution is 9.10. The maximum Gasteiger partial charge on any atom is 0.252 e. The molecule has 1 aliphatic rings. The SMILES string of the molecule is Cc1ccc(C(=O)NCC2CCCCO2)c(Br)c1. The van der Waals surface area contributed by atoms with E-state index >= 15 is 0 Å². The monoisotopic (exact) mass is 311 g/mol. The number of carbonyl (C=O) groups is 1. The summed E-state index contributed by atoms with van der Waals surface area (Å²) in [6, 6.07) is 5.74. The van der Waals surface area contributed by atoms with E-state index in [1.165, 1.54) is 6.42 Å². The lowest BCUT2D eigenvalue weighted by Crippen LogP contribution is -2.35. The van der Waals surface area contributed by atoms with Crippen molar-refractivity contribution in [1.29, 1.82) is 0 Å². The van der Waals surface area contributed by atoms with Crippen molar-refractivity contribution in [3.63, 3.8) is 0 Å². The van der Waals surface area contributed by atoms with Gasteiger partial charge in [0.25, 0.3) is 5.91 Å². The summed E-state index contributed by atoms with van der Waals surface area (Å²) in [6.07, 6.45) is 3.53. The van der Waals surface area contributed by atoms with Gasteiger partial charge in [-0.3, -0.25) is 4.79 Å². The van der Waals surface area contributed by atoms with Crippen molar-refractivity contribution >= 4 is 21.8 Å². The number of amides is 1. The molecule has 3 nitrogen and oxygen atoms in total. The quantitative estimate of drug-likeness (QED) is 0.931. The van der Waals surface area contributed by atoms with Gasteiger partial charge in [-0.25, -0.2) is 0 Å². The summed E-state index contributed by atoms with van der Waals surface area (Å²) in [5.74, 6) is -0.0453. The molecule has 0 saturated carbocycles. The average molecular weight is 312 g/mol. The van der Waals surface area contributed by atoms with Gasteiger partial charge in [-0.05, 0) is 59.8 Å². The molecule has 4 heteroatoms. The van der Waals surface area contributed by atoms with E-state index in [9.17, 15) is 4.79 Å². The minimum absolute atomic E-state index is 0.0453. The number of nitrogens with one attached hydrogen (secondary N) is 1. The number of rotatable bonds is 3. The van der Waals surface area contributed by atoms with E-state index in [4.69, 9.17) is 4.74 Å². The zero-order valence-corrected chi connectivity index (χ0v) is 12.1. The van der Waals surface area contributed by atoms with Crippen LogP contribution < -0.4 is 5.32 Å². The van der Waals surface area contributed by atoms with Crippen molar-refractivity contribution in [2.75, 3.05) is 13.2 Å². The normalized spacial score (nSPS) is 19.6. The van der Waals surface area contributed by atoms with Crippen molar-refractivity contribution in [3.05, 3.63) is 33.8 Å². The van der Waals surface area contributed by atoms with Crippen molar-refractivity contribution in [2.45, 2.75) is 32.3 Å². The molecule has 1 aromatic rings. The molecule has 1 heterocycles. The van der Waals surface area contributed by atoms with E-state index in [1.54, 1.807) is 0 Å². The van der Waals surface area contributed by atoms with Gasteiger partial charge in [0, 0.05) is 17.6 Å². The topological polar surface area (TPSA) is 38.3 Å². The summed E-state index contributed by atoms with van der Waals surface area (Å²) >= 11 is 3.42. The van der Waals surface area contributed by atoms with Crippen LogP contribution in [0.1, 0.15) is 35.2 Å². The van der Waals surface area contributed by atoms with Crippen molar-refractivity contribution < 1.29 is 9.53 Å². The maximum absolute atomic E-state index is 12.0. The molecular weight excluding hydrogens is 294 g/mol. The lowest BCUT2D eigenvalue weighted by Gasteiger charge is -2.22. The lowest BCUT2D eigenvalue weighted by molar-refractivity contribution is 0.0169. The number of halogens is 1. The Balaban J connectivity index is 1.90. The summed E-state index contributed by atoms with van der Waals surface area (Å²) in [5.41, 5.74) is 1.81. The first-order chi connectivity index (χ1) is 8.66. The Morgan fingerprint density at radius 1 is 1.50 bits per heavy atom. The van der Waals surface area contributed by atoms with Crippen LogP contribution in [-0.2, 0) is 4.74 Å². The fraction of sp³-hybridized carbons (Fsp3) is 0.500. The van der Waals surface area contributed by atoms with Gasteiger partial charge in [0.1, 0.15) is 0 Å². The number of benzene rings is 1. The number of aryl methyl sites for hydroxylation is 1. The molecule has 1 saturated heterocycles. The van der Waals surface area contributed by atoms with E-state index < -0.39 is 0 Å². The predicted octanol–water partition coefficient (Wildman–Crippen LogP) is 3.06. The van der Waals surface area contributed by atoms with Crippen LogP contribution >= 0.6 is 15.9 Å². The van der Waals surface area contributed by atoms with Gasteiger partial charge in [-0.1, -0.05) is 6.07 Å². The van der Waals surface area contributed by atoms with Crippen molar-refractivity contribution in [2.24, 2.45) is 0 Å². The second-order valence-corrected chi connectivity index (χ2v) is 5.54. The Morgan fingerprint density at radius 2 is 2.33 bits per heavy atom. The largest absolute Gasteiger partial charge is 0.376 e. The molecule has 18 heavy (non-hydrogen) atoms. The molecule has 1 atom stereocenters. The van der Waals surface area contributed by atoms with Crippen LogP contribution in [0.4, 0.5) is 0 Å². The Bertz CT molecular complexity index is 428. The van der Waals surface area contributed by atoms with Crippen LogP contribution in [0.2, 0.25) is 0 Å².